The Balaban J connectivity index is 2.08. The van der Waals surface area contributed by atoms with Crippen LogP contribution in [0.2, 0.25) is 5.02 Å². The van der Waals surface area contributed by atoms with E-state index < -0.39 is 15.9 Å². The van der Waals surface area contributed by atoms with E-state index >= 15 is 0 Å². The van der Waals surface area contributed by atoms with E-state index in [0.717, 1.165) is 4.31 Å². The van der Waals surface area contributed by atoms with Gasteiger partial charge in [0, 0.05) is 11.6 Å². The Morgan fingerprint density at radius 3 is 2.58 bits per heavy atom. The second kappa shape index (κ2) is 8.14. The molecule has 8 heteroatoms. The Morgan fingerprint density at radius 2 is 2.00 bits per heavy atom. The Hall–Kier alpha value is -2.09. The fourth-order valence-electron chi connectivity index (χ4n) is 1.96. The van der Waals surface area contributed by atoms with E-state index in [2.05, 4.69) is 11.9 Å². The lowest BCUT2D eigenvalue weighted by Crippen LogP contribution is -2.40. The van der Waals surface area contributed by atoms with Crippen molar-refractivity contribution in [2.24, 2.45) is 0 Å². The largest absolute Gasteiger partial charge is 0.467 e. The molecule has 2 rings (SSSR count). The molecule has 6 nitrogen and oxygen atoms in total. The molecule has 128 valence electrons. The summed E-state index contributed by atoms with van der Waals surface area (Å²) in [6.45, 7) is 3.42. The van der Waals surface area contributed by atoms with E-state index in [1.807, 2.05) is 0 Å². The van der Waals surface area contributed by atoms with E-state index in [1.54, 1.807) is 12.1 Å². The molecule has 1 N–H and O–H groups in total. The fraction of sp³-hybridized carbons (Fsp3) is 0.188. The highest BCUT2D eigenvalue weighted by atomic mass is 35.5. The number of sulfonamides is 1. The van der Waals surface area contributed by atoms with Gasteiger partial charge in [0.25, 0.3) is 0 Å². The summed E-state index contributed by atoms with van der Waals surface area (Å²) < 4.78 is 31.4. The highest BCUT2D eigenvalue weighted by molar-refractivity contribution is 7.89. The molecule has 0 aliphatic rings. The molecule has 2 aromatic rings. The highest BCUT2D eigenvalue weighted by Gasteiger charge is 2.25. The summed E-state index contributed by atoms with van der Waals surface area (Å²) in [4.78, 5) is 12.1. The lowest BCUT2D eigenvalue weighted by atomic mass is 10.4. The molecule has 0 fully saturated rings. The van der Waals surface area contributed by atoms with E-state index in [4.69, 9.17) is 16.0 Å². The monoisotopic (exact) mass is 368 g/mol. The number of rotatable bonds is 8. The first-order chi connectivity index (χ1) is 11.4. The number of carbonyl (C=O) groups excluding carboxylic acids is 1. The van der Waals surface area contributed by atoms with Crippen LogP contribution in [-0.4, -0.2) is 31.7 Å². The minimum atomic E-state index is -3.83. The minimum absolute atomic E-state index is 0.0130. The Kier molecular flexibility index (Phi) is 6.19. The van der Waals surface area contributed by atoms with Gasteiger partial charge in [0.05, 0.1) is 24.2 Å². The van der Waals surface area contributed by atoms with Crippen LogP contribution in [0.1, 0.15) is 5.76 Å². The van der Waals surface area contributed by atoms with Gasteiger partial charge in [0.1, 0.15) is 5.76 Å². The third-order valence-electron chi connectivity index (χ3n) is 3.14. The number of furan rings is 1. The SMILES string of the molecule is C=CCN(CC(=O)NCc1ccco1)S(=O)(=O)c1ccc(Cl)cc1. The van der Waals surface area contributed by atoms with Crippen LogP contribution < -0.4 is 5.32 Å². The van der Waals surface area contributed by atoms with Gasteiger partial charge in [-0.15, -0.1) is 6.58 Å². The van der Waals surface area contributed by atoms with E-state index in [9.17, 15) is 13.2 Å². The summed E-state index contributed by atoms with van der Waals surface area (Å²) >= 11 is 5.78. The summed E-state index contributed by atoms with van der Waals surface area (Å²) in [5, 5.41) is 3.04. The summed E-state index contributed by atoms with van der Waals surface area (Å²) in [6.07, 6.45) is 2.92. The van der Waals surface area contributed by atoms with Gasteiger partial charge < -0.3 is 9.73 Å². The van der Waals surface area contributed by atoms with Crippen LogP contribution in [0.4, 0.5) is 0 Å². The number of carbonyl (C=O) groups is 1. The molecule has 0 bridgehead atoms. The molecular weight excluding hydrogens is 352 g/mol. The number of nitrogens with one attached hydrogen (secondary N) is 1. The first kappa shape index (κ1) is 18.3. The van der Waals surface area contributed by atoms with Gasteiger partial charge in [-0.1, -0.05) is 17.7 Å². The van der Waals surface area contributed by atoms with Crippen LogP contribution in [-0.2, 0) is 21.4 Å². The molecule has 0 radical (unpaired) electrons. The topological polar surface area (TPSA) is 79.6 Å². The van der Waals surface area contributed by atoms with Crippen molar-refractivity contribution in [3.8, 4) is 0 Å². The Labute approximate surface area is 145 Å². The third-order valence-corrected chi connectivity index (χ3v) is 5.22. The maximum atomic E-state index is 12.6. The zero-order valence-electron chi connectivity index (χ0n) is 12.8. The predicted octanol–water partition coefficient (Wildman–Crippen LogP) is 2.43. The van der Waals surface area contributed by atoms with Crippen molar-refractivity contribution in [3.63, 3.8) is 0 Å². The summed E-state index contributed by atoms with van der Waals surface area (Å²) in [5.41, 5.74) is 0. The molecular formula is C16H17ClN2O4S. The van der Waals surface area contributed by atoms with Gasteiger partial charge in [0.15, 0.2) is 0 Å². The van der Waals surface area contributed by atoms with Crippen LogP contribution >= 0.6 is 11.6 Å². The van der Waals surface area contributed by atoms with Crippen LogP contribution in [0.5, 0.6) is 0 Å². The molecule has 1 heterocycles. The maximum Gasteiger partial charge on any atom is 0.243 e. The van der Waals surface area contributed by atoms with Crippen molar-refractivity contribution in [1.29, 1.82) is 0 Å². The smallest absolute Gasteiger partial charge is 0.243 e. The Bertz CT molecular complexity index is 786. The molecule has 0 atom stereocenters. The van der Waals surface area contributed by atoms with Crippen LogP contribution in [0, 0.1) is 0 Å². The zero-order chi connectivity index (χ0) is 17.6. The number of hydrogen-bond acceptors (Lipinski definition) is 4. The standard InChI is InChI=1S/C16H17ClN2O4S/c1-2-9-19(12-16(20)18-11-14-4-3-10-23-14)24(21,22)15-7-5-13(17)6-8-15/h2-8,10H,1,9,11-12H2,(H,18,20). The zero-order valence-corrected chi connectivity index (χ0v) is 14.4. The molecule has 1 aromatic carbocycles. The second-order valence-electron chi connectivity index (χ2n) is 4.90. The van der Waals surface area contributed by atoms with Crippen molar-refractivity contribution in [2.45, 2.75) is 11.4 Å². The number of amides is 1. The number of hydrogen-bond donors (Lipinski definition) is 1. The number of halogens is 1. The van der Waals surface area contributed by atoms with Crippen molar-refractivity contribution in [1.82, 2.24) is 9.62 Å². The minimum Gasteiger partial charge on any atom is -0.467 e. The fourth-order valence-corrected chi connectivity index (χ4v) is 3.46. The van der Waals surface area contributed by atoms with Crippen molar-refractivity contribution in [2.75, 3.05) is 13.1 Å². The number of benzene rings is 1. The summed E-state index contributed by atoms with van der Waals surface area (Å²) in [5.74, 6) is 0.143. The van der Waals surface area contributed by atoms with Gasteiger partial charge in [-0.05, 0) is 36.4 Å². The van der Waals surface area contributed by atoms with Crippen LogP contribution in [0.15, 0.2) is 64.6 Å². The lowest BCUT2D eigenvalue weighted by molar-refractivity contribution is -0.121. The van der Waals surface area contributed by atoms with Crippen LogP contribution in [0.3, 0.4) is 0 Å². The number of nitrogens with zero attached hydrogens (tertiary/aromatic N) is 1. The Morgan fingerprint density at radius 1 is 1.29 bits per heavy atom. The normalized spacial score (nSPS) is 11.4. The van der Waals surface area contributed by atoms with Gasteiger partial charge in [-0.2, -0.15) is 4.31 Å². The molecule has 0 unspecified atom stereocenters. The van der Waals surface area contributed by atoms with Crippen molar-refractivity contribution >= 4 is 27.5 Å². The van der Waals surface area contributed by atoms with Gasteiger partial charge in [-0.25, -0.2) is 8.42 Å². The molecule has 0 spiro atoms. The van der Waals surface area contributed by atoms with Crippen molar-refractivity contribution in [3.05, 3.63) is 66.1 Å². The molecule has 0 aliphatic carbocycles. The summed E-state index contributed by atoms with van der Waals surface area (Å²) in [6, 6.07) is 9.18. The van der Waals surface area contributed by atoms with Gasteiger partial charge in [-0.3, -0.25) is 4.79 Å². The van der Waals surface area contributed by atoms with E-state index in [0.29, 0.717) is 10.8 Å². The first-order valence-corrected chi connectivity index (χ1v) is 8.91. The lowest BCUT2D eigenvalue weighted by Gasteiger charge is -2.20. The quantitative estimate of drug-likeness (QED) is 0.726. The molecule has 0 saturated heterocycles. The maximum absolute atomic E-state index is 12.6. The molecule has 0 aliphatic heterocycles. The second-order valence-corrected chi connectivity index (χ2v) is 7.27. The van der Waals surface area contributed by atoms with Crippen LogP contribution in [0.25, 0.3) is 0 Å². The van der Waals surface area contributed by atoms with Crippen molar-refractivity contribution < 1.29 is 17.6 Å². The van der Waals surface area contributed by atoms with E-state index in [1.165, 1.54) is 36.6 Å². The average molecular weight is 369 g/mol. The molecule has 1 amide bonds. The first-order valence-electron chi connectivity index (χ1n) is 7.09. The average Bonchev–Trinajstić information content (AvgIpc) is 3.06. The van der Waals surface area contributed by atoms with E-state index in [-0.39, 0.29) is 24.5 Å². The summed E-state index contributed by atoms with van der Waals surface area (Å²) in [7, 11) is -3.83. The predicted molar refractivity (Wildman–Crippen MR) is 91.0 cm³/mol. The van der Waals surface area contributed by atoms with Gasteiger partial charge >= 0.3 is 0 Å². The molecule has 0 saturated carbocycles. The third kappa shape index (κ3) is 4.70. The van der Waals surface area contributed by atoms with Gasteiger partial charge in [0.2, 0.25) is 15.9 Å². The molecule has 24 heavy (non-hydrogen) atoms. The highest BCUT2D eigenvalue weighted by Crippen LogP contribution is 2.18. The molecule has 1 aromatic heterocycles.